The van der Waals surface area contributed by atoms with Gasteiger partial charge < -0.3 is 14.2 Å². The monoisotopic (exact) mass is 891 g/mol. The van der Waals surface area contributed by atoms with Gasteiger partial charge in [0.1, 0.15) is 13.2 Å². The minimum atomic E-state index is -0.761. The molecule has 63 heavy (non-hydrogen) atoms. The third kappa shape index (κ3) is 51.3. The standard InChI is InChI=1S/C57H110O6/c1-6-7-8-9-30-37-42-47-55(58)61-50-54(51-62-56(59)48-43-38-33-28-24-20-17-16-19-23-27-32-36-41-46-53(4)5)63-57(60)49-44-39-34-29-25-21-15-13-11-10-12-14-18-22-26-31-35-40-45-52(2)3/h52-54H,6-51H2,1-5H3/t54-/m1/s1. The predicted octanol–water partition coefficient (Wildman–Crippen LogP) is 18.5. The van der Waals surface area contributed by atoms with Gasteiger partial charge in [0.15, 0.2) is 6.10 Å². The first kappa shape index (κ1) is 61.4. The van der Waals surface area contributed by atoms with Gasteiger partial charge in [-0.3, -0.25) is 14.4 Å². The lowest BCUT2D eigenvalue weighted by Gasteiger charge is -2.18. The lowest BCUT2D eigenvalue weighted by Crippen LogP contribution is -2.30. The van der Waals surface area contributed by atoms with Crippen LogP contribution in [0.4, 0.5) is 0 Å². The Morgan fingerprint density at radius 1 is 0.302 bits per heavy atom. The van der Waals surface area contributed by atoms with Gasteiger partial charge in [-0.25, -0.2) is 0 Å². The Morgan fingerprint density at radius 2 is 0.524 bits per heavy atom. The van der Waals surface area contributed by atoms with Crippen molar-refractivity contribution in [3.8, 4) is 0 Å². The molecule has 0 aromatic rings. The Morgan fingerprint density at radius 3 is 0.778 bits per heavy atom. The van der Waals surface area contributed by atoms with Gasteiger partial charge in [-0.15, -0.1) is 0 Å². The van der Waals surface area contributed by atoms with Crippen LogP contribution in [0.15, 0.2) is 0 Å². The van der Waals surface area contributed by atoms with Crippen LogP contribution in [0.25, 0.3) is 0 Å². The molecular formula is C57H110O6. The van der Waals surface area contributed by atoms with Crippen LogP contribution in [-0.4, -0.2) is 37.2 Å². The van der Waals surface area contributed by atoms with Crippen LogP contribution in [0.5, 0.6) is 0 Å². The van der Waals surface area contributed by atoms with Crippen molar-refractivity contribution in [2.45, 2.75) is 323 Å². The molecule has 0 N–H and O–H groups in total. The van der Waals surface area contributed by atoms with Crippen molar-refractivity contribution in [1.82, 2.24) is 0 Å². The van der Waals surface area contributed by atoms with E-state index in [0.29, 0.717) is 19.3 Å². The SMILES string of the molecule is CCCCCCCCCC(=O)OC[C@H](COC(=O)CCCCCCCCCCCCCCCCC(C)C)OC(=O)CCCCCCCCCCCCCCCCCCCCC(C)C. The Bertz CT molecular complexity index is 962. The smallest absolute Gasteiger partial charge is 0.306 e. The number of rotatable bonds is 51. The molecule has 0 aliphatic rings. The van der Waals surface area contributed by atoms with Crippen molar-refractivity contribution in [2.75, 3.05) is 13.2 Å². The summed E-state index contributed by atoms with van der Waals surface area (Å²) in [5.41, 5.74) is 0. The summed E-state index contributed by atoms with van der Waals surface area (Å²) in [6.45, 7) is 11.4. The number of carbonyl (C=O) groups excluding carboxylic acids is 3. The molecule has 0 aliphatic heterocycles. The second-order valence-electron chi connectivity index (χ2n) is 20.5. The van der Waals surface area contributed by atoms with E-state index in [-0.39, 0.29) is 31.1 Å². The first-order chi connectivity index (χ1) is 30.7. The Labute approximate surface area is 393 Å². The number of carbonyl (C=O) groups is 3. The number of hydrogen-bond donors (Lipinski definition) is 0. The first-order valence-corrected chi connectivity index (χ1v) is 28.2. The van der Waals surface area contributed by atoms with E-state index in [1.807, 2.05) is 0 Å². The molecule has 0 saturated heterocycles. The van der Waals surface area contributed by atoms with Crippen LogP contribution in [0.1, 0.15) is 317 Å². The molecule has 0 heterocycles. The zero-order chi connectivity index (χ0) is 46.1. The molecule has 0 bridgehead atoms. The highest BCUT2D eigenvalue weighted by molar-refractivity contribution is 5.71. The summed E-state index contributed by atoms with van der Waals surface area (Å²) in [6, 6.07) is 0. The summed E-state index contributed by atoms with van der Waals surface area (Å²) in [6.07, 6.45) is 52.6. The van der Waals surface area contributed by atoms with E-state index in [4.69, 9.17) is 14.2 Å². The predicted molar refractivity (Wildman–Crippen MR) is 270 cm³/mol. The Hall–Kier alpha value is -1.59. The highest BCUT2D eigenvalue weighted by atomic mass is 16.6. The molecule has 0 unspecified atom stereocenters. The molecule has 0 spiro atoms. The summed E-state index contributed by atoms with van der Waals surface area (Å²) in [4.78, 5) is 37.9. The average molecular weight is 892 g/mol. The lowest BCUT2D eigenvalue weighted by atomic mass is 10.0. The highest BCUT2D eigenvalue weighted by Crippen LogP contribution is 2.18. The van der Waals surface area contributed by atoms with E-state index in [9.17, 15) is 14.4 Å². The van der Waals surface area contributed by atoms with Gasteiger partial charge in [0.25, 0.3) is 0 Å². The fourth-order valence-electron chi connectivity index (χ4n) is 8.70. The van der Waals surface area contributed by atoms with Crippen LogP contribution < -0.4 is 0 Å². The topological polar surface area (TPSA) is 78.9 Å². The van der Waals surface area contributed by atoms with E-state index >= 15 is 0 Å². The number of unbranched alkanes of at least 4 members (excludes halogenated alkanes) is 36. The van der Waals surface area contributed by atoms with Crippen molar-refractivity contribution in [3.05, 3.63) is 0 Å². The van der Waals surface area contributed by atoms with Crippen molar-refractivity contribution >= 4 is 17.9 Å². The molecule has 0 aliphatic carbocycles. The van der Waals surface area contributed by atoms with Gasteiger partial charge in [0.05, 0.1) is 0 Å². The molecule has 0 aromatic carbocycles. The maximum atomic E-state index is 12.8. The second kappa shape index (κ2) is 49.8. The second-order valence-corrected chi connectivity index (χ2v) is 20.5. The summed E-state index contributed by atoms with van der Waals surface area (Å²) in [5, 5.41) is 0. The van der Waals surface area contributed by atoms with Crippen LogP contribution >= 0.6 is 0 Å². The minimum absolute atomic E-state index is 0.0633. The van der Waals surface area contributed by atoms with Gasteiger partial charge in [0.2, 0.25) is 0 Å². The summed E-state index contributed by atoms with van der Waals surface area (Å²) in [7, 11) is 0. The fraction of sp³-hybridized carbons (Fsp3) is 0.947. The molecule has 0 amide bonds. The molecule has 0 saturated carbocycles. The molecule has 374 valence electrons. The lowest BCUT2D eigenvalue weighted by molar-refractivity contribution is -0.167. The third-order valence-electron chi connectivity index (χ3n) is 13.0. The quantitative estimate of drug-likeness (QED) is 0.0344. The summed E-state index contributed by atoms with van der Waals surface area (Å²) >= 11 is 0. The number of hydrogen-bond acceptors (Lipinski definition) is 6. The highest BCUT2D eigenvalue weighted by Gasteiger charge is 2.19. The van der Waals surface area contributed by atoms with Crippen molar-refractivity contribution in [3.63, 3.8) is 0 Å². The summed E-state index contributed by atoms with van der Waals surface area (Å²) < 4.78 is 16.8. The molecule has 0 radical (unpaired) electrons. The van der Waals surface area contributed by atoms with Crippen molar-refractivity contribution in [2.24, 2.45) is 11.8 Å². The molecule has 1 atom stereocenters. The maximum absolute atomic E-state index is 12.8. The average Bonchev–Trinajstić information content (AvgIpc) is 3.25. The van der Waals surface area contributed by atoms with Crippen LogP contribution in [-0.2, 0) is 28.6 Å². The van der Waals surface area contributed by atoms with Crippen molar-refractivity contribution < 1.29 is 28.6 Å². The third-order valence-corrected chi connectivity index (χ3v) is 13.0. The zero-order valence-corrected chi connectivity index (χ0v) is 43.2. The van der Waals surface area contributed by atoms with Gasteiger partial charge >= 0.3 is 17.9 Å². The van der Waals surface area contributed by atoms with E-state index in [1.54, 1.807) is 0 Å². The minimum Gasteiger partial charge on any atom is -0.462 e. The molecule has 0 rings (SSSR count). The van der Waals surface area contributed by atoms with E-state index in [0.717, 1.165) is 69.6 Å². The maximum Gasteiger partial charge on any atom is 0.306 e. The number of ether oxygens (including phenoxy) is 3. The largest absolute Gasteiger partial charge is 0.462 e. The zero-order valence-electron chi connectivity index (χ0n) is 43.2. The molecular weight excluding hydrogens is 781 g/mol. The van der Waals surface area contributed by atoms with Gasteiger partial charge in [-0.2, -0.15) is 0 Å². The van der Waals surface area contributed by atoms with E-state index in [1.165, 1.54) is 205 Å². The van der Waals surface area contributed by atoms with E-state index in [2.05, 4.69) is 34.6 Å². The molecule has 0 fully saturated rings. The first-order valence-electron chi connectivity index (χ1n) is 28.2. The van der Waals surface area contributed by atoms with Crippen LogP contribution in [0, 0.1) is 11.8 Å². The Kier molecular flexibility index (Phi) is 48.6. The van der Waals surface area contributed by atoms with Crippen molar-refractivity contribution in [1.29, 1.82) is 0 Å². The molecule has 6 heteroatoms. The van der Waals surface area contributed by atoms with Crippen LogP contribution in [0.2, 0.25) is 0 Å². The van der Waals surface area contributed by atoms with Gasteiger partial charge in [-0.05, 0) is 31.1 Å². The van der Waals surface area contributed by atoms with Gasteiger partial charge in [-0.1, -0.05) is 279 Å². The normalized spacial score (nSPS) is 12.0. The molecule has 6 nitrogen and oxygen atoms in total. The summed E-state index contributed by atoms with van der Waals surface area (Å²) in [5.74, 6) is 0.855. The Balaban J connectivity index is 4.14. The van der Waals surface area contributed by atoms with Gasteiger partial charge in [0, 0.05) is 19.3 Å². The molecule has 0 aromatic heterocycles. The number of esters is 3. The van der Waals surface area contributed by atoms with Crippen LogP contribution in [0.3, 0.4) is 0 Å². The fourth-order valence-corrected chi connectivity index (χ4v) is 8.70. The van der Waals surface area contributed by atoms with E-state index < -0.39 is 6.10 Å².